The largest absolute Gasteiger partial charge is 0.377 e. The van der Waals surface area contributed by atoms with Gasteiger partial charge in [0.2, 0.25) is 0 Å². The number of carbonyl (C=O) groups excluding carboxylic acids is 6. The first-order valence-corrected chi connectivity index (χ1v) is 14.1. The summed E-state index contributed by atoms with van der Waals surface area (Å²) in [4.78, 5) is 77.9. The van der Waals surface area contributed by atoms with Crippen molar-refractivity contribution >= 4 is 35.6 Å². The van der Waals surface area contributed by atoms with Crippen LogP contribution in [0, 0.1) is 0 Å². The Morgan fingerprint density at radius 3 is 0.818 bits per heavy atom. The lowest BCUT2D eigenvalue weighted by molar-refractivity contribution is -0.200. The van der Waals surface area contributed by atoms with Crippen molar-refractivity contribution in [2.24, 2.45) is 0 Å². The van der Waals surface area contributed by atoms with Gasteiger partial charge in [-0.25, -0.2) is 9.59 Å². The Morgan fingerprint density at radius 2 is 0.591 bits per heavy atom. The highest BCUT2D eigenvalue weighted by Crippen LogP contribution is 2.12. The van der Waals surface area contributed by atoms with Crippen LogP contribution in [-0.4, -0.2) is 151 Å². The molecule has 0 spiro atoms. The van der Waals surface area contributed by atoms with Crippen molar-refractivity contribution in [3.05, 3.63) is 0 Å². The predicted molar refractivity (Wildman–Crippen MR) is 141 cm³/mol. The van der Waals surface area contributed by atoms with E-state index in [2.05, 4.69) is 9.68 Å². The fourth-order valence-corrected chi connectivity index (χ4v) is 3.32. The number of ether oxygens (including phenoxy) is 8. The molecule has 0 N–H and O–H groups in total. The standard InChI is InChI=1S/C26H40N2O16/c29-21-1-2-22(30)27(21)43-25(33)19-41-17-15-39-13-11-37-9-7-35-5-6-36-8-10-38-12-14-40-16-18-42-20-26(34)44-28-23(31)3-4-24(28)32/h1-20H2. The number of amides is 4. The Kier molecular flexibility index (Phi) is 19.6. The molecule has 4 amide bonds. The fourth-order valence-electron chi connectivity index (χ4n) is 3.32. The summed E-state index contributed by atoms with van der Waals surface area (Å²) in [6, 6.07) is 0. The van der Waals surface area contributed by atoms with Gasteiger partial charge in [-0.15, -0.1) is 10.1 Å². The third-order valence-corrected chi connectivity index (χ3v) is 5.44. The molecule has 0 atom stereocenters. The van der Waals surface area contributed by atoms with Crippen LogP contribution < -0.4 is 0 Å². The highest BCUT2D eigenvalue weighted by atomic mass is 16.7. The van der Waals surface area contributed by atoms with Crippen molar-refractivity contribution in [3.63, 3.8) is 0 Å². The molecule has 2 rings (SSSR count). The topological polar surface area (TPSA) is 201 Å². The lowest BCUT2D eigenvalue weighted by Gasteiger charge is -2.12. The SMILES string of the molecule is O=C(COCCOCCOCCOCCOCCOCCOCCOCC(=O)ON1C(=O)CCC1=O)ON1C(=O)CCC1=O. The molecule has 0 unspecified atom stereocenters. The van der Waals surface area contributed by atoms with E-state index in [1.54, 1.807) is 0 Å². The minimum absolute atomic E-state index is 0.0308. The number of hydrogen-bond acceptors (Lipinski definition) is 16. The van der Waals surface area contributed by atoms with Crippen LogP contribution in [-0.2, 0) is 76.3 Å². The van der Waals surface area contributed by atoms with Gasteiger partial charge in [0, 0.05) is 25.7 Å². The average molecular weight is 637 g/mol. The Balaban J connectivity index is 1.21. The summed E-state index contributed by atoms with van der Waals surface area (Å²) in [6.07, 6.45) is 0.123. The maximum Gasteiger partial charge on any atom is 0.358 e. The predicted octanol–water partition coefficient (Wildman–Crippen LogP) is -1.67. The van der Waals surface area contributed by atoms with Gasteiger partial charge in [0.25, 0.3) is 23.6 Å². The summed E-state index contributed by atoms with van der Waals surface area (Å²) >= 11 is 0. The van der Waals surface area contributed by atoms with Gasteiger partial charge in [-0.3, -0.25) is 19.2 Å². The van der Waals surface area contributed by atoms with E-state index in [1.165, 1.54) is 0 Å². The zero-order chi connectivity index (χ0) is 31.8. The molecule has 250 valence electrons. The van der Waals surface area contributed by atoms with Crippen LogP contribution in [0.3, 0.4) is 0 Å². The molecule has 44 heavy (non-hydrogen) atoms. The van der Waals surface area contributed by atoms with Crippen LogP contribution >= 0.6 is 0 Å². The second-order valence-corrected chi connectivity index (χ2v) is 8.87. The summed E-state index contributed by atoms with van der Waals surface area (Å²) in [7, 11) is 0. The van der Waals surface area contributed by atoms with Gasteiger partial charge in [-0.2, -0.15) is 0 Å². The van der Waals surface area contributed by atoms with E-state index < -0.39 is 48.8 Å². The van der Waals surface area contributed by atoms with E-state index in [4.69, 9.17) is 37.9 Å². The molecule has 2 fully saturated rings. The van der Waals surface area contributed by atoms with Gasteiger partial charge in [-0.05, 0) is 0 Å². The molecule has 2 aliphatic rings. The Morgan fingerprint density at radius 1 is 0.386 bits per heavy atom. The highest BCUT2D eigenvalue weighted by molar-refractivity contribution is 6.02. The van der Waals surface area contributed by atoms with E-state index in [0.29, 0.717) is 76.2 Å². The van der Waals surface area contributed by atoms with Crippen molar-refractivity contribution in [2.45, 2.75) is 25.7 Å². The molecule has 0 radical (unpaired) electrons. The van der Waals surface area contributed by atoms with E-state index in [1.807, 2.05) is 0 Å². The van der Waals surface area contributed by atoms with Crippen LogP contribution in [0.2, 0.25) is 0 Å². The van der Waals surface area contributed by atoms with Gasteiger partial charge >= 0.3 is 11.9 Å². The van der Waals surface area contributed by atoms with Gasteiger partial charge in [-0.1, -0.05) is 0 Å². The van der Waals surface area contributed by atoms with E-state index in [9.17, 15) is 28.8 Å². The number of imide groups is 2. The lowest BCUT2D eigenvalue weighted by atomic mass is 10.4. The third-order valence-electron chi connectivity index (χ3n) is 5.44. The molecule has 18 nitrogen and oxygen atoms in total. The third kappa shape index (κ3) is 16.7. The number of hydrogen-bond donors (Lipinski definition) is 0. The van der Waals surface area contributed by atoms with Crippen LogP contribution in [0.25, 0.3) is 0 Å². The van der Waals surface area contributed by atoms with E-state index >= 15 is 0 Å². The average Bonchev–Trinajstić information content (AvgIpc) is 3.49. The summed E-state index contributed by atoms with van der Waals surface area (Å²) in [5.74, 6) is -3.86. The molecular weight excluding hydrogens is 596 g/mol. The van der Waals surface area contributed by atoms with Gasteiger partial charge in [0.1, 0.15) is 13.2 Å². The number of hydroxylamine groups is 4. The lowest BCUT2D eigenvalue weighted by Crippen LogP contribution is -2.33. The van der Waals surface area contributed by atoms with Crippen molar-refractivity contribution < 1.29 is 76.3 Å². The number of nitrogens with zero attached hydrogens (tertiary/aromatic N) is 2. The summed E-state index contributed by atoms with van der Waals surface area (Å²) < 4.78 is 42.3. The summed E-state index contributed by atoms with van der Waals surface area (Å²) in [5, 5.41) is 0.936. The normalized spacial score (nSPS) is 15.1. The van der Waals surface area contributed by atoms with E-state index in [-0.39, 0.29) is 52.1 Å². The molecule has 0 aromatic heterocycles. The van der Waals surface area contributed by atoms with Crippen LogP contribution in [0.15, 0.2) is 0 Å². The minimum Gasteiger partial charge on any atom is -0.377 e. The van der Waals surface area contributed by atoms with Crippen molar-refractivity contribution in [1.29, 1.82) is 0 Å². The van der Waals surface area contributed by atoms with Crippen LogP contribution in [0.4, 0.5) is 0 Å². The molecule has 2 saturated heterocycles. The van der Waals surface area contributed by atoms with Crippen molar-refractivity contribution in [2.75, 3.05) is 106 Å². The maximum atomic E-state index is 11.6. The number of carbonyl (C=O) groups is 6. The maximum absolute atomic E-state index is 11.6. The zero-order valence-corrected chi connectivity index (χ0v) is 24.6. The quantitative estimate of drug-likeness (QED) is 0.0731. The first-order chi connectivity index (χ1) is 21.4. The molecule has 2 aliphatic heterocycles. The van der Waals surface area contributed by atoms with E-state index in [0.717, 1.165) is 0 Å². The molecule has 0 saturated carbocycles. The van der Waals surface area contributed by atoms with Gasteiger partial charge in [0.15, 0.2) is 0 Å². The second kappa shape index (κ2) is 23.3. The monoisotopic (exact) mass is 636 g/mol. The van der Waals surface area contributed by atoms with Crippen LogP contribution in [0.1, 0.15) is 25.7 Å². The Bertz CT molecular complexity index is 812. The first-order valence-electron chi connectivity index (χ1n) is 14.1. The van der Waals surface area contributed by atoms with Gasteiger partial charge < -0.3 is 47.6 Å². The molecule has 0 aromatic rings. The Hall–Kier alpha value is -3.10. The number of rotatable bonds is 27. The van der Waals surface area contributed by atoms with Crippen molar-refractivity contribution in [3.8, 4) is 0 Å². The molecular formula is C26H40N2O16. The fraction of sp³-hybridized carbons (Fsp3) is 0.769. The van der Waals surface area contributed by atoms with Crippen molar-refractivity contribution in [1.82, 2.24) is 10.1 Å². The first kappa shape index (κ1) is 37.1. The molecule has 2 heterocycles. The molecule has 0 bridgehead atoms. The molecule has 0 aliphatic carbocycles. The minimum atomic E-state index is -0.836. The van der Waals surface area contributed by atoms with Gasteiger partial charge in [0.05, 0.1) is 92.5 Å². The molecule has 18 heteroatoms. The zero-order valence-electron chi connectivity index (χ0n) is 24.6. The summed E-state index contributed by atoms with van der Waals surface area (Å²) in [6.45, 7) is 3.66. The van der Waals surface area contributed by atoms with Crippen LogP contribution in [0.5, 0.6) is 0 Å². The highest BCUT2D eigenvalue weighted by Gasteiger charge is 2.33. The second-order valence-electron chi connectivity index (χ2n) is 8.87. The molecule has 0 aromatic carbocycles. The summed E-state index contributed by atoms with van der Waals surface area (Å²) in [5.41, 5.74) is 0. The Labute approximate surface area is 253 Å². The smallest absolute Gasteiger partial charge is 0.358 e.